The molecule has 0 aliphatic heterocycles. The molecule has 1 nitrogen and oxygen atoms in total. The largest absolute Gasteiger partial charge is 0.356 e. The van der Waals surface area contributed by atoms with Gasteiger partial charge in [0.25, 0.3) is 0 Å². The molecule has 0 spiro atoms. The van der Waals surface area contributed by atoms with Crippen LogP contribution in [0.5, 0.6) is 0 Å². The second-order valence-corrected chi connectivity index (χ2v) is 6.27. The maximum absolute atomic E-state index is 13.3. The molecule has 15 heavy (non-hydrogen) atoms. The number of ether oxygens (including phenoxy) is 1. The maximum atomic E-state index is 13.3. The van der Waals surface area contributed by atoms with Crippen molar-refractivity contribution >= 4 is 0 Å². The monoisotopic (exact) mass is 222 g/mol. The van der Waals surface area contributed by atoms with Gasteiger partial charge in [-0.3, -0.25) is 0 Å². The van der Waals surface area contributed by atoms with Gasteiger partial charge in [0.2, 0.25) is 0 Å². The second-order valence-electron chi connectivity index (χ2n) is 6.27. The lowest BCUT2D eigenvalue weighted by molar-refractivity contribution is -0.286. The van der Waals surface area contributed by atoms with Crippen molar-refractivity contribution in [2.75, 3.05) is 0 Å². The molecule has 0 rings (SSSR count). The van der Waals surface area contributed by atoms with Crippen LogP contribution < -0.4 is 0 Å². The minimum absolute atomic E-state index is 0.109. The van der Waals surface area contributed by atoms with Crippen LogP contribution in [0.4, 0.5) is 8.78 Å². The SMILES string of the molecule is CC(C)(C)CCCC(F)(F)OC(C)(C)C. The average Bonchev–Trinajstić information content (AvgIpc) is 1.75. The van der Waals surface area contributed by atoms with Crippen molar-refractivity contribution in [3.8, 4) is 0 Å². The zero-order chi connectivity index (χ0) is 12.3. The highest BCUT2D eigenvalue weighted by atomic mass is 19.3. The highest BCUT2D eigenvalue weighted by Crippen LogP contribution is 2.31. The van der Waals surface area contributed by atoms with Crippen LogP contribution in [0, 0.1) is 5.41 Å². The number of hydrogen-bond donors (Lipinski definition) is 0. The van der Waals surface area contributed by atoms with Gasteiger partial charge in [0, 0.05) is 6.42 Å². The van der Waals surface area contributed by atoms with Crippen LogP contribution in [0.25, 0.3) is 0 Å². The van der Waals surface area contributed by atoms with Crippen LogP contribution in [-0.2, 0) is 4.74 Å². The lowest BCUT2D eigenvalue weighted by atomic mass is 9.90. The molecule has 0 aromatic carbocycles. The van der Waals surface area contributed by atoms with Gasteiger partial charge in [-0.1, -0.05) is 20.8 Å². The molecule has 0 atom stereocenters. The highest BCUT2D eigenvalue weighted by molar-refractivity contribution is 4.67. The van der Waals surface area contributed by atoms with E-state index in [0.29, 0.717) is 6.42 Å². The fourth-order valence-corrected chi connectivity index (χ4v) is 1.32. The summed E-state index contributed by atoms with van der Waals surface area (Å²) in [4.78, 5) is 0. The van der Waals surface area contributed by atoms with Crippen molar-refractivity contribution in [1.29, 1.82) is 0 Å². The van der Waals surface area contributed by atoms with Gasteiger partial charge in [-0.15, -0.1) is 0 Å². The van der Waals surface area contributed by atoms with E-state index in [2.05, 4.69) is 20.8 Å². The van der Waals surface area contributed by atoms with Crippen LogP contribution in [0.2, 0.25) is 0 Å². The Bertz CT molecular complexity index is 187. The fourth-order valence-electron chi connectivity index (χ4n) is 1.32. The van der Waals surface area contributed by atoms with Gasteiger partial charge in [0.15, 0.2) is 0 Å². The molecule has 0 radical (unpaired) electrons. The first-order chi connectivity index (χ1) is 6.41. The van der Waals surface area contributed by atoms with Gasteiger partial charge in [-0.05, 0) is 39.0 Å². The van der Waals surface area contributed by atoms with E-state index in [0.717, 1.165) is 6.42 Å². The third-order valence-electron chi connectivity index (χ3n) is 1.85. The van der Waals surface area contributed by atoms with E-state index in [9.17, 15) is 8.78 Å². The Morgan fingerprint density at radius 2 is 1.33 bits per heavy atom. The van der Waals surface area contributed by atoms with Gasteiger partial charge >= 0.3 is 6.11 Å². The molecule has 0 N–H and O–H groups in total. The van der Waals surface area contributed by atoms with Crippen molar-refractivity contribution in [3.63, 3.8) is 0 Å². The van der Waals surface area contributed by atoms with Gasteiger partial charge in [0.05, 0.1) is 5.60 Å². The summed E-state index contributed by atoms with van der Waals surface area (Å²) in [5.41, 5.74) is -0.678. The Labute approximate surface area is 92.2 Å². The van der Waals surface area contributed by atoms with E-state index in [4.69, 9.17) is 4.74 Å². The molecule has 0 bridgehead atoms. The number of halogens is 2. The maximum Gasteiger partial charge on any atom is 0.356 e. The molecule has 0 unspecified atom stereocenters. The summed E-state index contributed by atoms with van der Waals surface area (Å²) in [6.07, 6.45) is -1.91. The minimum atomic E-state index is -3.00. The van der Waals surface area contributed by atoms with E-state index in [-0.39, 0.29) is 11.8 Å². The highest BCUT2D eigenvalue weighted by Gasteiger charge is 2.34. The first-order valence-corrected chi connectivity index (χ1v) is 5.49. The molecule has 0 saturated carbocycles. The van der Waals surface area contributed by atoms with Gasteiger partial charge in [-0.2, -0.15) is 8.78 Å². The number of hydrogen-bond acceptors (Lipinski definition) is 1. The summed E-state index contributed by atoms with van der Waals surface area (Å²) in [6.45, 7) is 11.1. The predicted molar refractivity (Wildman–Crippen MR) is 59.1 cm³/mol. The molecule has 0 aliphatic rings. The summed E-state index contributed by atoms with van der Waals surface area (Å²) in [6, 6.07) is 0. The van der Waals surface area contributed by atoms with Gasteiger partial charge < -0.3 is 4.74 Å². The Hall–Kier alpha value is -0.180. The molecule has 0 aliphatic carbocycles. The van der Waals surface area contributed by atoms with Gasteiger partial charge in [0.1, 0.15) is 0 Å². The first kappa shape index (κ1) is 14.8. The Balaban J connectivity index is 3.95. The van der Waals surface area contributed by atoms with Gasteiger partial charge in [-0.25, -0.2) is 0 Å². The lowest BCUT2D eigenvalue weighted by Crippen LogP contribution is -2.32. The first-order valence-electron chi connectivity index (χ1n) is 5.49. The van der Waals surface area contributed by atoms with Crippen molar-refractivity contribution in [2.24, 2.45) is 5.41 Å². The smallest absolute Gasteiger partial charge is 0.315 e. The normalized spacial score (nSPS) is 14.4. The molecule has 0 amide bonds. The summed E-state index contributed by atoms with van der Waals surface area (Å²) >= 11 is 0. The quantitative estimate of drug-likeness (QED) is 0.675. The zero-order valence-electron chi connectivity index (χ0n) is 10.8. The van der Waals surface area contributed by atoms with E-state index in [1.54, 1.807) is 20.8 Å². The molecule has 0 aromatic heterocycles. The van der Waals surface area contributed by atoms with Crippen LogP contribution in [0.3, 0.4) is 0 Å². The van der Waals surface area contributed by atoms with E-state index < -0.39 is 11.7 Å². The Morgan fingerprint density at radius 3 is 1.67 bits per heavy atom. The molecule has 0 heterocycles. The summed E-state index contributed by atoms with van der Waals surface area (Å²) in [7, 11) is 0. The molecule has 3 heteroatoms. The molecular weight excluding hydrogens is 198 g/mol. The van der Waals surface area contributed by atoms with Crippen LogP contribution in [-0.4, -0.2) is 11.7 Å². The Kier molecular flexibility index (Phi) is 4.71. The van der Waals surface area contributed by atoms with Crippen molar-refractivity contribution in [3.05, 3.63) is 0 Å². The van der Waals surface area contributed by atoms with Crippen molar-refractivity contribution in [2.45, 2.75) is 72.5 Å². The predicted octanol–water partition coefficient (Wildman–Crippen LogP) is 4.61. The molecule has 0 aromatic rings. The van der Waals surface area contributed by atoms with Crippen molar-refractivity contribution < 1.29 is 13.5 Å². The summed E-state index contributed by atoms with van der Waals surface area (Å²) < 4.78 is 31.3. The minimum Gasteiger partial charge on any atom is -0.315 e. The third kappa shape index (κ3) is 10.1. The van der Waals surface area contributed by atoms with Crippen LogP contribution >= 0.6 is 0 Å². The van der Waals surface area contributed by atoms with E-state index >= 15 is 0 Å². The summed E-state index contributed by atoms with van der Waals surface area (Å²) in [5, 5.41) is 0. The average molecular weight is 222 g/mol. The number of rotatable bonds is 4. The summed E-state index contributed by atoms with van der Waals surface area (Å²) in [5.74, 6) is 0. The zero-order valence-corrected chi connectivity index (χ0v) is 10.8. The molecule has 0 saturated heterocycles. The van der Waals surface area contributed by atoms with Crippen LogP contribution in [0.15, 0.2) is 0 Å². The molecule has 92 valence electrons. The molecular formula is C12H24F2O. The second kappa shape index (κ2) is 4.77. The van der Waals surface area contributed by atoms with E-state index in [1.165, 1.54) is 0 Å². The van der Waals surface area contributed by atoms with E-state index in [1.807, 2.05) is 0 Å². The standard InChI is InChI=1S/C12H24F2O/c1-10(2,3)8-7-9-12(13,14)15-11(4,5)6/h7-9H2,1-6H3. The third-order valence-corrected chi connectivity index (χ3v) is 1.85. The fraction of sp³-hybridized carbons (Fsp3) is 1.00. The number of alkyl halides is 2. The van der Waals surface area contributed by atoms with Crippen molar-refractivity contribution in [1.82, 2.24) is 0 Å². The van der Waals surface area contributed by atoms with Crippen LogP contribution in [0.1, 0.15) is 60.8 Å². The lowest BCUT2D eigenvalue weighted by Gasteiger charge is -2.27. The molecule has 0 fully saturated rings. The topological polar surface area (TPSA) is 9.23 Å². The Morgan fingerprint density at radius 1 is 0.867 bits per heavy atom.